The number of nitro benzene ring substituents is 1. The number of ether oxygens (including phenoxy) is 1. The first kappa shape index (κ1) is 19.9. The fourth-order valence-electron chi connectivity index (χ4n) is 2.45. The van der Waals surface area contributed by atoms with Gasteiger partial charge in [0.25, 0.3) is 5.91 Å². The number of carbonyl (C=O) groups is 1. The van der Waals surface area contributed by atoms with Crippen molar-refractivity contribution < 1.29 is 27.6 Å². The lowest BCUT2D eigenvalue weighted by atomic mass is 10.1. The molecule has 0 aliphatic rings. The molecule has 6 nitrogen and oxygen atoms in total. The van der Waals surface area contributed by atoms with Crippen molar-refractivity contribution in [2.75, 3.05) is 5.32 Å². The summed E-state index contributed by atoms with van der Waals surface area (Å²) in [5.74, 6) is -0.586. The molecule has 0 bridgehead atoms. The number of nitrogens with one attached hydrogen (secondary N) is 1. The third-order valence-corrected chi connectivity index (χ3v) is 3.86. The summed E-state index contributed by atoms with van der Waals surface area (Å²) in [5.41, 5.74) is -1.04. The molecule has 0 aliphatic carbocycles. The van der Waals surface area contributed by atoms with Crippen LogP contribution in [0.2, 0.25) is 0 Å². The minimum Gasteiger partial charge on any atom is -0.450 e. The molecule has 0 unspecified atom stereocenters. The molecule has 1 N–H and O–H groups in total. The number of benzene rings is 3. The van der Waals surface area contributed by atoms with Crippen LogP contribution in [0.3, 0.4) is 0 Å². The van der Waals surface area contributed by atoms with Crippen molar-refractivity contribution in [1.29, 1.82) is 0 Å². The summed E-state index contributed by atoms with van der Waals surface area (Å²) in [4.78, 5) is 22.4. The van der Waals surface area contributed by atoms with Crippen LogP contribution in [0.15, 0.2) is 72.8 Å². The van der Waals surface area contributed by atoms with E-state index in [1.54, 1.807) is 24.3 Å². The topological polar surface area (TPSA) is 81.5 Å². The van der Waals surface area contributed by atoms with Gasteiger partial charge in [-0.25, -0.2) is 0 Å². The number of carbonyl (C=O) groups excluding carboxylic acids is 1. The minimum atomic E-state index is -4.71. The molecule has 0 spiro atoms. The number of nitro groups is 1. The molecule has 3 aromatic rings. The van der Waals surface area contributed by atoms with Gasteiger partial charge in [0.2, 0.25) is 5.75 Å². The fraction of sp³-hybridized carbons (Fsp3) is 0.0500. The van der Waals surface area contributed by atoms with Crippen LogP contribution in [0.4, 0.5) is 24.5 Å². The Morgan fingerprint density at radius 3 is 2.21 bits per heavy atom. The molecule has 0 saturated carbocycles. The maximum atomic E-state index is 12.8. The monoisotopic (exact) mass is 402 g/mol. The van der Waals surface area contributed by atoms with E-state index in [-0.39, 0.29) is 17.4 Å². The highest BCUT2D eigenvalue weighted by Gasteiger charge is 2.33. The highest BCUT2D eigenvalue weighted by Crippen LogP contribution is 2.37. The molecule has 0 atom stereocenters. The Kier molecular flexibility index (Phi) is 5.49. The maximum absolute atomic E-state index is 12.8. The van der Waals surface area contributed by atoms with Gasteiger partial charge in [0.1, 0.15) is 5.75 Å². The van der Waals surface area contributed by atoms with Crippen molar-refractivity contribution in [2.24, 2.45) is 0 Å². The zero-order chi connectivity index (χ0) is 21.0. The summed E-state index contributed by atoms with van der Waals surface area (Å²) in [7, 11) is 0. The molecule has 0 radical (unpaired) electrons. The Balaban J connectivity index is 1.77. The van der Waals surface area contributed by atoms with Crippen LogP contribution in [0.1, 0.15) is 15.9 Å². The zero-order valence-corrected chi connectivity index (χ0v) is 14.6. The molecular formula is C20H13F3N2O4. The summed E-state index contributed by atoms with van der Waals surface area (Å²) in [6, 6.07) is 16.4. The number of hydrogen-bond donors (Lipinski definition) is 1. The number of rotatable bonds is 5. The second-order valence-corrected chi connectivity index (χ2v) is 5.88. The Hall–Kier alpha value is -3.88. The van der Waals surface area contributed by atoms with Gasteiger partial charge in [0.15, 0.2) is 0 Å². The van der Waals surface area contributed by atoms with Gasteiger partial charge in [-0.05, 0) is 48.5 Å². The fourth-order valence-corrected chi connectivity index (χ4v) is 2.45. The van der Waals surface area contributed by atoms with Gasteiger partial charge in [0, 0.05) is 17.3 Å². The molecule has 0 saturated heterocycles. The summed E-state index contributed by atoms with van der Waals surface area (Å²) < 4.78 is 43.6. The first-order valence-corrected chi connectivity index (χ1v) is 8.24. The Bertz CT molecular complexity index is 1040. The second-order valence-electron chi connectivity index (χ2n) is 5.88. The Morgan fingerprint density at radius 2 is 1.62 bits per heavy atom. The maximum Gasteiger partial charge on any atom is 0.416 e. The molecule has 29 heavy (non-hydrogen) atoms. The van der Waals surface area contributed by atoms with Crippen LogP contribution in [0.25, 0.3) is 0 Å². The first-order chi connectivity index (χ1) is 13.7. The molecule has 1 amide bonds. The smallest absolute Gasteiger partial charge is 0.416 e. The van der Waals surface area contributed by atoms with Crippen LogP contribution in [-0.4, -0.2) is 10.8 Å². The van der Waals surface area contributed by atoms with E-state index in [9.17, 15) is 28.1 Å². The van der Waals surface area contributed by atoms with Crippen molar-refractivity contribution in [3.05, 3.63) is 94.0 Å². The molecule has 0 aliphatic heterocycles. The summed E-state index contributed by atoms with van der Waals surface area (Å²) in [6.07, 6.45) is -4.71. The standard InChI is InChI=1S/C20H13F3N2O4/c21-20(22,23)14-8-11-18(17(12-14)25(27)28)29-16-9-6-13(7-10-16)19(26)24-15-4-2-1-3-5-15/h1-12H,(H,24,26). The highest BCUT2D eigenvalue weighted by molar-refractivity contribution is 6.04. The Labute approximate surface area is 162 Å². The van der Waals surface area contributed by atoms with Gasteiger partial charge in [0.05, 0.1) is 10.5 Å². The Morgan fingerprint density at radius 1 is 0.966 bits per heavy atom. The summed E-state index contributed by atoms with van der Waals surface area (Å²) in [6.45, 7) is 0. The van der Waals surface area contributed by atoms with E-state index in [2.05, 4.69) is 5.32 Å². The van der Waals surface area contributed by atoms with E-state index in [1.807, 2.05) is 6.07 Å². The van der Waals surface area contributed by atoms with E-state index in [4.69, 9.17) is 4.74 Å². The number of amides is 1. The number of hydrogen-bond acceptors (Lipinski definition) is 4. The van der Waals surface area contributed by atoms with E-state index in [0.29, 0.717) is 23.4 Å². The van der Waals surface area contributed by atoms with E-state index in [0.717, 1.165) is 6.07 Å². The number of anilines is 1. The van der Waals surface area contributed by atoms with Gasteiger partial charge in [-0.1, -0.05) is 18.2 Å². The van der Waals surface area contributed by atoms with Crippen molar-refractivity contribution in [1.82, 2.24) is 0 Å². The zero-order valence-electron chi connectivity index (χ0n) is 14.6. The lowest BCUT2D eigenvalue weighted by molar-refractivity contribution is -0.385. The molecule has 3 aromatic carbocycles. The largest absolute Gasteiger partial charge is 0.450 e. The van der Waals surface area contributed by atoms with Crippen LogP contribution < -0.4 is 10.1 Å². The molecule has 0 fully saturated rings. The third kappa shape index (κ3) is 4.89. The average Bonchev–Trinajstić information content (AvgIpc) is 2.68. The lowest BCUT2D eigenvalue weighted by Crippen LogP contribution is -2.11. The van der Waals surface area contributed by atoms with E-state index < -0.39 is 22.4 Å². The van der Waals surface area contributed by atoms with E-state index >= 15 is 0 Å². The van der Waals surface area contributed by atoms with Crippen molar-refractivity contribution in [3.63, 3.8) is 0 Å². The number of nitrogens with zero attached hydrogens (tertiary/aromatic N) is 1. The number of alkyl halides is 3. The van der Waals surface area contributed by atoms with Crippen molar-refractivity contribution in [2.45, 2.75) is 6.18 Å². The summed E-state index contributed by atoms with van der Waals surface area (Å²) >= 11 is 0. The van der Waals surface area contributed by atoms with Gasteiger partial charge in [-0.3, -0.25) is 14.9 Å². The van der Waals surface area contributed by atoms with Gasteiger partial charge >= 0.3 is 11.9 Å². The van der Waals surface area contributed by atoms with Crippen LogP contribution in [0.5, 0.6) is 11.5 Å². The molecule has 0 heterocycles. The first-order valence-electron chi connectivity index (χ1n) is 8.24. The molecular weight excluding hydrogens is 389 g/mol. The minimum absolute atomic E-state index is 0.129. The van der Waals surface area contributed by atoms with Crippen molar-refractivity contribution in [3.8, 4) is 11.5 Å². The normalized spacial score (nSPS) is 11.0. The molecule has 9 heteroatoms. The summed E-state index contributed by atoms with van der Waals surface area (Å²) in [5, 5.41) is 13.8. The van der Waals surface area contributed by atoms with Crippen LogP contribution in [-0.2, 0) is 6.18 Å². The highest BCUT2D eigenvalue weighted by atomic mass is 19.4. The predicted octanol–water partition coefficient (Wildman–Crippen LogP) is 5.66. The van der Waals surface area contributed by atoms with Crippen LogP contribution >= 0.6 is 0 Å². The molecule has 0 aromatic heterocycles. The SMILES string of the molecule is O=C(Nc1ccccc1)c1ccc(Oc2ccc(C(F)(F)F)cc2[N+](=O)[O-])cc1. The molecule has 148 valence electrons. The second kappa shape index (κ2) is 8.01. The number of halogens is 3. The predicted molar refractivity (Wildman–Crippen MR) is 99.0 cm³/mol. The quantitative estimate of drug-likeness (QED) is 0.441. The third-order valence-electron chi connectivity index (χ3n) is 3.86. The van der Waals surface area contributed by atoms with Crippen LogP contribution in [0, 0.1) is 10.1 Å². The average molecular weight is 402 g/mol. The molecule has 3 rings (SSSR count). The van der Waals surface area contributed by atoms with Gasteiger partial charge < -0.3 is 10.1 Å². The number of para-hydroxylation sites is 1. The van der Waals surface area contributed by atoms with Gasteiger partial charge in [-0.2, -0.15) is 13.2 Å². The van der Waals surface area contributed by atoms with Gasteiger partial charge in [-0.15, -0.1) is 0 Å². The van der Waals surface area contributed by atoms with Crippen molar-refractivity contribution >= 4 is 17.3 Å². The lowest BCUT2D eigenvalue weighted by Gasteiger charge is -2.10. The van der Waals surface area contributed by atoms with E-state index in [1.165, 1.54) is 24.3 Å².